The molecule has 0 N–H and O–H groups in total. The molecule has 2 aromatic carbocycles. The van der Waals surface area contributed by atoms with Crippen LogP contribution in [0.1, 0.15) is 63.5 Å². The van der Waals surface area contributed by atoms with E-state index in [1.807, 2.05) is 0 Å². The summed E-state index contributed by atoms with van der Waals surface area (Å²) in [6.07, 6.45) is 12.2. The van der Waals surface area contributed by atoms with Gasteiger partial charge in [-0.3, -0.25) is 0 Å². The molecular formula is C31H40HfO2. The molecule has 2 aromatic rings. The molecule has 3 aliphatic rings. The van der Waals surface area contributed by atoms with Gasteiger partial charge in [0.15, 0.2) is 0 Å². The number of hydrogen-bond donors (Lipinski definition) is 0. The van der Waals surface area contributed by atoms with E-state index in [0.717, 1.165) is 21.6 Å². The summed E-state index contributed by atoms with van der Waals surface area (Å²) in [5.41, 5.74) is 7.54. The Bertz CT molecular complexity index is 1080. The predicted octanol–water partition coefficient (Wildman–Crippen LogP) is 9.13. The maximum atomic E-state index is 5.75. The van der Waals surface area contributed by atoms with E-state index in [2.05, 4.69) is 75.4 Å². The van der Waals surface area contributed by atoms with E-state index in [-0.39, 0.29) is 5.41 Å². The third kappa shape index (κ3) is 3.87. The zero-order valence-corrected chi connectivity index (χ0v) is 25.2. The monoisotopic (exact) mass is 624 g/mol. The number of benzene rings is 2. The van der Waals surface area contributed by atoms with Crippen LogP contribution >= 0.6 is 0 Å². The number of allylic oxidation sites excluding steroid dienone is 4. The maximum absolute atomic E-state index is 5.75. The average Bonchev–Trinajstić information content (AvgIpc) is 3.23. The fourth-order valence-corrected chi connectivity index (χ4v) is 35.3. The van der Waals surface area contributed by atoms with E-state index in [1.165, 1.54) is 45.7 Å². The Morgan fingerprint density at radius 1 is 0.971 bits per heavy atom. The van der Waals surface area contributed by atoms with Crippen LogP contribution in [-0.4, -0.2) is 14.2 Å². The number of fused-ring (bicyclic) bond motifs is 3. The molecule has 2 nitrogen and oxygen atoms in total. The molecule has 1 fully saturated rings. The van der Waals surface area contributed by atoms with E-state index < -0.39 is 20.0 Å². The zero-order chi connectivity index (χ0) is 23.9. The van der Waals surface area contributed by atoms with Gasteiger partial charge in [0, 0.05) is 0 Å². The van der Waals surface area contributed by atoms with Crippen LogP contribution in [0.2, 0.25) is 16.2 Å². The van der Waals surface area contributed by atoms with Gasteiger partial charge < -0.3 is 0 Å². The Hall–Kier alpha value is -1.61. The third-order valence-electron chi connectivity index (χ3n) is 9.32. The summed E-state index contributed by atoms with van der Waals surface area (Å²) in [5, 5.41) is 0. The molecule has 0 radical (unpaired) electrons. The fourth-order valence-electron chi connectivity index (χ4n) is 7.23. The van der Waals surface area contributed by atoms with Crippen LogP contribution in [0.25, 0.3) is 11.1 Å². The quantitative estimate of drug-likeness (QED) is 0.246. The van der Waals surface area contributed by atoms with Crippen molar-refractivity contribution < 1.29 is 29.4 Å². The van der Waals surface area contributed by atoms with Crippen molar-refractivity contribution in [1.29, 1.82) is 0 Å². The number of methoxy groups -OCH3 is 2. The van der Waals surface area contributed by atoms with E-state index in [9.17, 15) is 0 Å². The van der Waals surface area contributed by atoms with E-state index >= 15 is 0 Å². The van der Waals surface area contributed by atoms with Crippen molar-refractivity contribution in [3.8, 4) is 22.6 Å². The normalized spacial score (nSPS) is 24.4. The van der Waals surface area contributed by atoms with Gasteiger partial charge in [-0.25, -0.2) is 0 Å². The first-order valence-corrected chi connectivity index (χ1v) is 22.9. The van der Waals surface area contributed by atoms with Gasteiger partial charge in [0.2, 0.25) is 0 Å². The molecular weight excluding hydrogens is 583 g/mol. The van der Waals surface area contributed by atoms with Gasteiger partial charge >= 0.3 is 212 Å². The first-order valence-electron chi connectivity index (χ1n) is 13.2. The number of hydrogen-bond acceptors (Lipinski definition) is 2. The molecule has 3 atom stereocenters. The van der Waals surface area contributed by atoms with E-state index in [4.69, 9.17) is 9.47 Å². The third-order valence-corrected chi connectivity index (χ3v) is 30.4. The molecule has 3 unspecified atom stereocenters. The molecule has 180 valence electrons. The van der Waals surface area contributed by atoms with Crippen LogP contribution in [0.3, 0.4) is 0 Å². The van der Waals surface area contributed by atoms with Crippen LogP contribution in [0.4, 0.5) is 0 Å². The molecule has 1 heterocycles. The van der Waals surface area contributed by atoms with Gasteiger partial charge in [-0.05, 0) is 0 Å². The van der Waals surface area contributed by atoms with E-state index in [1.54, 1.807) is 28.1 Å². The summed E-state index contributed by atoms with van der Waals surface area (Å²) in [4.78, 5) is 0. The van der Waals surface area contributed by atoms with Crippen LogP contribution in [-0.2, 0) is 20.0 Å². The van der Waals surface area contributed by atoms with Crippen LogP contribution in [0.5, 0.6) is 11.5 Å². The first-order chi connectivity index (χ1) is 16.5. The van der Waals surface area contributed by atoms with Crippen LogP contribution in [0, 0.1) is 5.41 Å². The molecule has 1 saturated heterocycles. The Balaban J connectivity index is 1.71. The molecule has 0 aromatic heterocycles. The summed E-state index contributed by atoms with van der Waals surface area (Å²) in [6, 6.07) is 13.5. The Morgan fingerprint density at radius 3 is 2.03 bits per heavy atom. The van der Waals surface area contributed by atoms with Gasteiger partial charge in [-0.1, -0.05) is 0 Å². The van der Waals surface area contributed by atoms with Gasteiger partial charge in [-0.2, -0.15) is 0 Å². The molecule has 2 aliphatic carbocycles. The standard InChI is InChI=1S/C24H25O2.C4H9.C3H6.Hf/c1-5-24(2,16-8-6-7-9-16)23-21-14-17(25-3)10-12-19(21)20-13-11-18(26-4)15-22(20)23;1-3-4-2;1-3-2;/h6-8,10-15,23H,2,5,9H2,1,3-4H3;1,3-4H2,2H3;3H,1H2,2H3;. The van der Waals surface area contributed by atoms with Crippen LogP contribution in [0.15, 0.2) is 60.2 Å². The SMILES string of the molecule is CCC[CH2][Hf]1([CH2]C(CC)(C2=CC=CC2)C2c3cc(OC)ccc3-c3ccc(OC)cc32)[CH2][CH]1C. The molecule has 3 heteroatoms. The number of ether oxygens (including phenoxy) is 2. The molecule has 5 rings (SSSR count). The number of rotatable bonds is 10. The molecule has 0 bridgehead atoms. The fraction of sp³-hybridized carbons (Fsp3) is 0.484. The van der Waals surface area contributed by atoms with Gasteiger partial charge in [-0.15, -0.1) is 0 Å². The van der Waals surface area contributed by atoms with Crippen molar-refractivity contribution in [2.75, 3.05) is 14.2 Å². The predicted molar refractivity (Wildman–Crippen MR) is 140 cm³/mol. The van der Waals surface area contributed by atoms with Gasteiger partial charge in [0.05, 0.1) is 0 Å². The van der Waals surface area contributed by atoms with Crippen molar-refractivity contribution in [3.63, 3.8) is 0 Å². The van der Waals surface area contributed by atoms with Crippen LogP contribution < -0.4 is 9.47 Å². The van der Waals surface area contributed by atoms with Crippen molar-refractivity contribution in [2.45, 2.75) is 68.6 Å². The minimum atomic E-state index is -2.34. The second-order valence-corrected chi connectivity index (χ2v) is 28.8. The molecule has 0 spiro atoms. The van der Waals surface area contributed by atoms with E-state index in [0.29, 0.717) is 5.92 Å². The molecule has 0 saturated carbocycles. The second kappa shape index (κ2) is 9.45. The van der Waals surface area contributed by atoms with Gasteiger partial charge in [0.1, 0.15) is 0 Å². The molecule has 0 amide bonds. The van der Waals surface area contributed by atoms with Crippen molar-refractivity contribution >= 4 is 0 Å². The first kappa shape index (κ1) is 24.1. The van der Waals surface area contributed by atoms with Gasteiger partial charge in [0.25, 0.3) is 0 Å². The molecule has 34 heavy (non-hydrogen) atoms. The topological polar surface area (TPSA) is 18.5 Å². The zero-order valence-electron chi connectivity index (χ0n) is 21.6. The Labute approximate surface area is 210 Å². The number of unbranched alkanes of at least 4 members (excludes halogenated alkanes) is 1. The minimum absolute atomic E-state index is 0.183. The summed E-state index contributed by atoms with van der Waals surface area (Å²) in [5.74, 6) is 2.31. The molecule has 1 aliphatic heterocycles. The van der Waals surface area contributed by atoms with Crippen molar-refractivity contribution in [1.82, 2.24) is 0 Å². The van der Waals surface area contributed by atoms with Crippen molar-refractivity contribution in [2.24, 2.45) is 5.41 Å². The summed E-state index contributed by atoms with van der Waals surface area (Å²) in [7, 11) is 3.59. The summed E-state index contributed by atoms with van der Waals surface area (Å²) in [6.45, 7) is 7.42. The summed E-state index contributed by atoms with van der Waals surface area (Å²) >= 11 is -2.34. The second-order valence-electron chi connectivity index (χ2n) is 10.9. The summed E-state index contributed by atoms with van der Waals surface area (Å²) < 4.78 is 17.2. The van der Waals surface area contributed by atoms with Crippen molar-refractivity contribution in [3.05, 3.63) is 71.3 Å². The Morgan fingerprint density at radius 2 is 1.59 bits per heavy atom. The average molecular weight is 623 g/mol. The Kier molecular flexibility index (Phi) is 6.70.